The van der Waals surface area contributed by atoms with Gasteiger partial charge in [0.15, 0.2) is 0 Å². The van der Waals surface area contributed by atoms with Crippen LogP contribution in [-0.4, -0.2) is 79.4 Å². The van der Waals surface area contributed by atoms with Crippen LogP contribution in [0, 0.1) is 31.1 Å². The summed E-state index contributed by atoms with van der Waals surface area (Å²) in [6, 6.07) is 83.0. The molecule has 0 fully saturated rings. The summed E-state index contributed by atoms with van der Waals surface area (Å²) >= 11 is 0. The van der Waals surface area contributed by atoms with Crippen molar-refractivity contribution in [3.8, 4) is 0 Å². The number of anilines is 2. The van der Waals surface area contributed by atoms with E-state index in [0.29, 0.717) is 24.6 Å². The van der Waals surface area contributed by atoms with Crippen molar-refractivity contribution in [3.05, 3.63) is 324 Å². The molecule has 11 aromatic rings. The molecule has 5 N–H and O–H groups in total. The van der Waals surface area contributed by atoms with Crippen LogP contribution in [0.3, 0.4) is 0 Å². The van der Waals surface area contributed by atoms with Crippen molar-refractivity contribution in [3.63, 3.8) is 0 Å². The molecule has 0 bridgehead atoms. The molecule has 0 atom stereocenters. The number of carbonyl (C=O) groups excluding carboxylic acids is 4. The number of hydrogen-bond donors (Lipinski definition) is 3. The fourth-order valence-electron chi connectivity index (χ4n) is 11.6. The van der Waals surface area contributed by atoms with Crippen molar-refractivity contribution in [1.29, 1.82) is 1.34 Å². The number of benzene rings is 9. The van der Waals surface area contributed by atoms with Crippen LogP contribution in [0.1, 0.15) is 168 Å². The van der Waals surface area contributed by atoms with E-state index < -0.39 is 12.9 Å². The first-order valence-corrected chi connectivity index (χ1v) is 40.2. The zero-order valence-corrected chi connectivity index (χ0v) is 72.0. The number of rotatable bonds is 30. The number of fused-ring (bicyclic) bond motifs is 2. The van der Waals surface area contributed by atoms with Crippen LogP contribution in [0.15, 0.2) is 279 Å². The van der Waals surface area contributed by atoms with Gasteiger partial charge in [-0.05, 0) is 171 Å². The molecule has 0 saturated heterocycles. The van der Waals surface area contributed by atoms with Crippen LogP contribution >= 0.6 is 6.89 Å². The number of esters is 2. The van der Waals surface area contributed by atoms with Gasteiger partial charge in [-0.1, -0.05) is 304 Å². The van der Waals surface area contributed by atoms with Crippen molar-refractivity contribution < 1.29 is 94.0 Å². The molecule has 17 heteroatoms. The number of aryl methyl sites for hydroxylation is 4. The van der Waals surface area contributed by atoms with E-state index in [9.17, 15) is 24.0 Å². The Morgan fingerprint density at radius 2 is 0.779 bits per heavy atom. The average molecular weight is 1750 g/mol. The number of hydrogen-bond acceptors (Lipinski definition) is 11. The summed E-state index contributed by atoms with van der Waals surface area (Å²) in [5.41, 5.74) is 18.0. The minimum atomic E-state index is -2.24. The molecule has 2 heterocycles. The number of nitrogen functional groups attached to an aromatic ring is 1. The van der Waals surface area contributed by atoms with E-state index in [1.54, 1.807) is 43.3 Å². The van der Waals surface area contributed by atoms with Crippen LogP contribution in [0.4, 0.5) is 11.4 Å². The first-order chi connectivity index (χ1) is 54.2. The van der Waals surface area contributed by atoms with Crippen molar-refractivity contribution in [2.45, 2.75) is 144 Å². The Labute approximate surface area is 710 Å². The standard InChI is InChI=1S/C23H24N2O.C22H21O2P.C16H22O2.C14H18O2.C12H16O.C9H8N2.BH.Li.H2O.U/c1-2-3-4-7-18-10-12-19(13-11-18)14-15-23(26)25-21-16-20-8-5-6-9-22(20)24-17-21;1-2-24-22(23)18-25(19-12-6-3-7-13-19,20-14-8-4-9-15-20)21-16-10-5-11-17-21;1-3-5-6-7-14-8-10-15(11-9-14)12-13-16(17)18-4-2;1-2-3-4-5-12-6-8-13(9-7-12)10-11-14(15)16;1-2-3-4-5-11-6-8-12(10-13)9-7-11;10-8-5-7-3-1-2-4-9(7)11-6-8;;;;/h5-6,8-17H,2-4,7H2,1H3,(H,25,26);3-18H,2H2,1H3;8-13H,3-7H2,1-2H3;6-11H,2-5H2,1H3,(H,15,16);6-10H,2-5H2,1H3;1-6H,10H2;1H;;1H2;/q;;;;;;;+1;;/p-1/b15-14+;;13-12+;11-10+;;;;;;/i;;;;;;1T;;;. The molecule has 2 radical (unpaired) electrons. The second kappa shape index (κ2) is 59.1. The van der Waals surface area contributed by atoms with Gasteiger partial charge >= 0.3 is 36.8 Å². The topological polar surface area (TPSA) is 218 Å². The minimum Gasteiger partial charge on any atom is -0.870 e. The molecule has 113 heavy (non-hydrogen) atoms. The summed E-state index contributed by atoms with van der Waals surface area (Å²) in [5.74, 6) is 0.175. The summed E-state index contributed by atoms with van der Waals surface area (Å²) < 4.78 is 15.4. The maximum atomic E-state index is 12.5. The first-order valence-electron chi connectivity index (χ1n) is 38.9. The fraction of sp³-hybridized carbons (Fsp3) is 0.250. The third-order valence-electron chi connectivity index (χ3n) is 17.4. The average Bonchev–Trinajstić information content (AvgIpc) is 0.754. The Balaban J connectivity index is 0.000000470. The number of nitrogens with two attached hydrogens (primary N) is 1. The molecule has 1 amide bonds. The first kappa shape index (κ1) is 97.5. The van der Waals surface area contributed by atoms with Crippen molar-refractivity contribution in [1.82, 2.24) is 9.97 Å². The van der Waals surface area contributed by atoms with E-state index in [-0.39, 0.29) is 73.3 Å². The number of aliphatic carboxylic acids is 1. The second-order valence-corrected chi connectivity index (χ2v) is 29.2. The van der Waals surface area contributed by atoms with Crippen molar-refractivity contribution in [2.24, 2.45) is 0 Å². The van der Waals surface area contributed by atoms with Crippen LogP contribution < -0.4 is 45.8 Å². The molecular weight excluding hydrogens is 1640 g/mol. The maximum absolute atomic E-state index is 12.5. The van der Waals surface area contributed by atoms with E-state index in [1.165, 1.54) is 105 Å². The number of para-hydroxylation sites is 2. The predicted octanol–water partition coefficient (Wildman–Crippen LogP) is 17.7. The maximum Gasteiger partial charge on any atom is 1.00 e. The molecule has 582 valence electrons. The summed E-state index contributed by atoms with van der Waals surface area (Å²) in [6.45, 7) is 11.0. The van der Waals surface area contributed by atoms with Gasteiger partial charge in [-0.15, -0.1) is 0 Å². The molecule has 2 aromatic heterocycles. The van der Waals surface area contributed by atoms with Crippen LogP contribution in [-0.2, 0) is 54.3 Å². The van der Waals surface area contributed by atoms with Gasteiger partial charge in [-0.3, -0.25) is 19.6 Å². The van der Waals surface area contributed by atoms with Gasteiger partial charge in [-0.25, -0.2) is 14.4 Å². The van der Waals surface area contributed by atoms with Gasteiger partial charge in [0.2, 0.25) is 5.91 Å². The minimum absolute atomic E-state index is 0. The van der Waals surface area contributed by atoms with Gasteiger partial charge in [-0.2, -0.15) is 0 Å². The largest absolute Gasteiger partial charge is 1.00 e. The van der Waals surface area contributed by atoms with Gasteiger partial charge in [0.25, 0.3) is 0 Å². The molecule has 0 spiro atoms. The Morgan fingerprint density at radius 1 is 0.442 bits per heavy atom. The van der Waals surface area contributed by atoms with Gasteiger partial charge in [0, 0.05) is 79.9 Å². The number of carboxylic acid groups (broad SMARTS) is 1. The molecule has 0 aliphatic heterocycles. The van der Waals surface area contributed by atoms with Crippen LogP contribution in [0.2, 0.25) is 0 Å². The zero-order valence-electron chi connectivity index (χ0n) is 67.9. The second-order valence-electron chi connectivity index (χ2n) is 26.0. The molecule has 0 aliphatic carbocycles. The number of aromatic nitrogens is 2. The smallest absolute Gasteiger partial charge is 0.870 e. The SMILES string of the molecule is CCCCCc1ccc(/C=C/C(=O)Nc2cnc3ccccc3c2)cc1.CCCCCc1ccc(/C=C/C(=O)O)cc1.CCCCCc1ccc(/C=C/C(=O)OCC)cc1.CCCCCc1ccc(C=O)cc1.CCOC(=O)C=P(c1ccccc1)(c1ccccc1)c1ccccc1.Nc1cnc2ccccc2c1.[3H][B].[Li+].[OH-].[U]. The number of amides is 1. The number of unbranched alkanes of at least 4 members (excludes halogenated alkanes) is 8. The number of nitrogens with one attached hydrogen (secondary N) is 1. The van der Waals surface area contributed by atoms with Crippen molar-refractivity contribution in [2.75, 3.05) is 24.3 Å². The molecule has 13 nitrogen and oxygen atoms in total. The number of carboxylic acids is 1. The van der Waals surface area contributed by atoms with E-state index in [4.69, 9.17) is 21.6 Å². The van der Waals surface area contributed by atoms with Crippen LogP contribution in [0.5, 0.6) is 0 Å². The van der Waals surface area contributed by atoms with Crippen LogP contribution in [0.25, 0.3) is 40.0 Å². The third-order valence-corrected chi connectivity index (χ3v) is 21.4. The van der Waals surface area contributed by atoms with Gasteiger partial charge < -0.3 is 31.1 Å². The van der Waals surface area contributed by atoms with E-state index in [0.717, 1.165) is 98.0 Å². The molecule has 11 rings (SSSR count). The molecule has 0 saturated carbocycles. The monoisotopic (exact) mass is 1750 g/mol. The Bertz CT molecular complexity index is 4530. The van der Waals surface area contributed by atoms with Crippen molar-refractivity contribution >= 4 is 118 Å². The number of ether oxygens (including phenoxy) is 2. The van der Waals surface area contributed by atoms with E-state index >= 15 is 0 Å². The van der Waals surface area contributed by atoms with E-state index in [2.05, 4.69) is 136 Å². The molecule has 9 aromatic carbocycles. The molecule has 0 aliphatic rings. The normalized spacial score (nSPS) is 10.4. The number of aldehydes is 1. The van der Waals surface area contributed by atoms with Gasteiger partial charge in [0.05, 0.1) is 48.0 Å². The third kappa shape index (κ3) is 38.2. The molecule has 0 unspecified atom stereocenters. The Morgan fingerprint density at radius 3 is 1.15 bits per heavy atom. The summed E-state index contributed by atoms with van der Waals surface area (Å²) in [7, 11) is 3.75. The van der Waals surface area contributed by atoms with Gasteiger partial charge in [0.1, 0.15) is 6.29 Å². The number of pyridine rings is 2. The molecular formula is C96H111BLiN4O9PU. The number of carbonyl (C=O) groups is 5. The summed E-state index contributed by atoms with van der Waals surface area (Å²) in [5, 5.41) is 16.9. The predicted molar refractivity (Wildman–Crippen MR) is 469 cm³/mol. The fourth-order valence-corrected chi connectivity index (χ4v) is 15.2. The summed E-state index contributed by atoms with van der Waals surface area (Å²) in [4.78, 5) is 65.0. The number of nitrogens with zero attached hydrogens (tertiary/aromatic N) is 2. The Kier molecular flexibility index (Phi) is 51.0. The zero-order chi connectivity index (χ0) is 80.0. The quantitative estimate of drug-likeness (QED) is 0.00956. The van der Waals surface area contributed by atoms with E-state index in [1.807, 2.05) is 177 Å². The summed E-state index contributed by atoms with van der Waals surface area (Å²) in [6.07, 6.45) is 33.2. The Hall–Kier alpha value is -9.66.